The van der Waals surface area contributed by atoms with Crippen molar-refractivity contribution >= 4 is 62.3 Å². The maximum absolute atomic E-state index is 13.7. The van der Waals surface area contributed by atoms with E-state index in [1.54, 1.807) is 12.1 Å². The van der Waals surface area contributed by atoms with Gasteiger partial charge in [0, 0.05) is 95.5 Å². The van der Waals surface area contributed by atoms with Crippen LogP contribution >= 0.6 is 23.4 Å². The summed E-state index contributed by atoms with van der Waals surface area (Å²) in [5.74, 6) is 0.931. The van der Waals surface area contributed by atoms with Crippen molar-refractivity contribution in [3.63, 3.8) is 0 Å². The third-order valence-electron chi connectivity index (χ3n) is 12.2. The highest BCUT2D eigenvalue weighted by molar-refractivity contribution is 7.99. The van der Waals surface area contributed by atoms with Crippen molar-refractivity contribution < 1.29 is 18.0 Å². The number of hydrogen-bond donors (Lipinski definition) is 2. The summed E-state index contributed by atoms with van der Waals surface area (Å²) in [4.78, 5) is 25.2. The predicted molar refractivity (Wildman–Crippen MR) is 263 cm³/mol. The first kappa shape index (κ1) is 46.5. The van der Waals surface area contributed by atoms with Gasteiger partial charge in [-0.2, -0.15) is 9.59 Å². The van der Waals surface area contributed by atoms with Crippen molar-refractivity contribution in [1.82, 2.24) is 9.47 Å². The zero-order chi connectivity index (χ0) is 45.1. The standard InChI is InChI=1S/C50H57ClN6O2S2.CO2/c1-37-33-47(23-24-49(37)52-43(25-28-55-26-8-5-9-27-55)36-60-46-13-6-4-7-14-46)61(58,59)53-42-19-21-44(22-20-42)56-29-31-57(32-30-56)45-12-10-11-40(35-45)48-34-38(2)54(3)50(48)39-15-17-41(51)18-16-39;2-1-3/h4,6-7,10-24,33-35,43,52-53H,5,8-9,25-32,36H2,1-3H3;/t43-;/m1./s1. The van der Waals surface area contributed by atoms with Gasteiger partial charge < -0.3 is 24.6 Å². The molecule has 0 spiro atoms. The molecule has 64 heavy (non-hydrogen) atoms. The lowest BCUT2D eigenvalue weighted by Crippen LogP contribution is -2.46. The van der Waals surface area contributed by atoms with Crippen LogP contribution in [0.1, 0.15) is 36.9 Å². The summed E-state index contributed by atoms with van der Waals surface area (Å²) in [5.41, 5.74) is 10.6. The van der Waals surface area contributed by atoms with Gasteiger partial charge in [0.1, 0.15) is 0 Å². The van der Waals surface area contributed by atoms with Gasteiger partial charge in [0.05, 0.1) is 10.6 Å². The maximum atomic E-state index is 13.7. The van der Waals surface area contributed by atoms with Crippen molar-refractivity contribution in [3.8, 4) is 22.4 Å². The number of hydrogen-bond acceptors (Lipinski definition) is 9. The highest BCUT2D eigenvalue weighted by Gasteiger charge is 2.22. The number of nitrogens with one attached hydrogen (secondary N) is 2. The molecule has 1 atom stereocenters. The second-order valence-corrected chi connectivity index (χ2v) is 19.7. The summed E-state index contributed by atoms with van der Waals surface area (Å²) in [6.07, 6.45) is 5.17. The minimum atomic E-state index is -3.79. The number of benzene rings is 5. The largest absolute Gasteiger partial charge is 0.381 e. The van der Waals surface area contributed by atoms with E-state index in [4.69, 9.17) is 21.2 Å². The molecule has 1 aromatic heterocycles. The van der Waals surface area contributed by atoms with E-state index >= 15 is 0 Å². The topological polar surface area (TPSA) is 107 Å². The molecule has 0 amide bonds. The van der Waals surface area contributed by atoms with Crippen LogP contribution in [0.2, 0.25) is 5.02 Å². The first-order valence-corrected chi connectivity index (χ1v) is 24.8. The van der Waals surface area contributed by atoms with E-state index in [0.29, 0.717) is 5.69 Å². The van der Waals surface area contributed by atoms with Crippen LogP contribution in [0, 0.1) is 13.8 Å². The lowest BCUT2D eigenvalue weighted by Gasteiger charge is -2.37. The summed E-state index contributed by atoms with van der Waals surface area (Å²) in [6.45, 7) is 11.0. The Morgan fingerprint density at radius 3 is 2.06 bits per heavy atom. The molecule has 5 aromatic carbocycles. The second kappa shape index (κ2) is 21.9. The molecule has 8 rings (SSSR count). The molecule has 0 aliphatic carbocycles. The van der Waals surface area contributed by atoms with Crippen molar-refractivity contribution in [2.45, 2.75) is 55.4 Å². The van der Waals surface area contributed by atoms with E-state index in [2.05, 4.69) is 116 Å². The lowest BCUT2D eigenvalue weighted by atomic mass is 10.0. The van der Waals surface area contributed by atoms with Crippen molar-refractivity contribution in [2.24, 2.45) is 7.05 Å². The van der Waals surface area contributed by atoms with Crippen LogP contribution in [-0.4, -0.2) is 81.6 Å². The number of rotatable bonds is 15. The number of carbonyl (C=O) groups excluding carboxylic acids is 2. The molecule has 2 saturated heterocycles. The number of halogens is 1. The number of anilines is 4. The number of aryl methyl sites for hydroxylation is 2. The average molecular weight is 918 g/mol. The molecule has 0 saturated carbocycles. The zero-order valence-electron chi connectivity index (χ0n) is 36.8. The highest BCUT2D eigenvalue weighted by atomic mass is 35.5. The normalized spacial score (nSPS) is 14.9. The van der Waals surface area contributed by atoms with Crippen LogP contribution in [0.25, 0.3) is 22.4 Å². The lowest BCUT2D eigenvalue weighted by molar-refractivity contribution is -0.191. The Balaban J connectivity index is 0.00000199. The summed E-state index contributed by atoms with van der Waals surface area (Å²) in [6, 6.07) is 43.1. The zero-order valence-corrected chi connectivity index (χ0v) is 39.2. The SMILES string of the molecule is Cc1cc(S(=O)(=O)Nc2ccc(N3CCN(c4cccc(-c5cc(C)n(C)c5-c5ccc(Cl)cc5)c4)CC3)cc2)ccc1N[C@H](CCN1CCCCC1)CSc1ccccc1.O=C=O. The van der Waals surface area contributed by atoms with E-state index in [0.717, 1.165) is 72.4 Å². The number of thioether (sulfide) groups is 1. The van der Waals surface area contributed by atoms with E-state index in [-0.39, 0.29) is 17.1 Å². The molecule has 3 heterocycles. The monoisotopic (exact) mass is 916 g/mol. The fourth-order valence-electron chi connectivity index (χ4n) is 8.57. The van der Waals surface area contributed by atoms with Crippen LogP contribution in [0.15, 0.2) is 137 Å². The van der Waals surface area contributed by atoms with Crippen molar-refractivity contribution in [3.05, 3.63) is 144 Å². The molecule has 2 N–H and O–H groups in total. The van der Waals surface area contributed by atoms with Gasteiger partial charge in [-0.3, -0.25) is 4.72 Å². The van der Waals surface area contributed by atoms with Gasteiger partial charge in [-0.1, -0.05) is 60.5 Å². The third-order valence-corrected chi connectivity index (χ3v) is 15.0. The Kier molecular flexibility index (Phi) is 15.9. The molecular formula is C51H57ClN6O4S2. The van der Waals surface area contributed by atoms with Crippen molar-refractivity contribution in [2.75, 3.05) is 71.4 Å². The number of piperazine rings is 1. The Morgan fingerprint density at radius 2 is 1.39 bits per heavy atom. The van der Waals surface area contributed by atoms with Gasteiger partial charge in [-0.05, 0) is 148 Å². The third kappa shape index (κ3) is 12.0. The van der Waals surface area contributed by atoms with Crippen molar-refractivity contribution in [1.29, 1.82) is 0 Å². The van der Waals surface area contributed by atoms with E-state index in [9.17, 15) is 8.42 Å². The molecule has 2 fully saturated rings. The van der Waals surface area contributed by atoms with Crippen LogP contribution in [0.3, 0.4) is 0 Å². The number of aromatic nitrogens is 1. The molecule has 0 unspecified atom stereocenters. The van der Waals surface area contributed by atoms with E-state index in [1.807, 2.05) is 61.2 Å². The number of likely N-dealkylation sites (tertiary alicyclic amines) is 1. The van der Waals surface area contributed by atoms with E-state index < -0.39 is 10.0 Å². The van der Waals surface area contributed by atoms with Gasteiger partial charge in [0.25, 0.3) is 10.0 Å². The van der Waals surface area contributed by atoms with Crippen LogP contribution in [0.5, 0.6) is 0 Å². The Morgan fingerprint density at radius 1 is 0.719 bits per heavy atom. The number of sulfonamides is 1. The van der Waals surface area contributed by atoms with Crippen LogP contribution in [-0.2, 0) is 26.7 Å². The molecule has 10 nitrogen and oxygen atoms in total. The first-order chi connectivity index (χ1) is 31.0. The Bertz CT molecular complexity index is 2600. The minimum absolute atomic E-state index is 0.248. The summed E-state index contributed by atoms with van der Waals surface area (Å²) < 4.78 is 32.4. The van der Waals surface area contributed by atoms with Gasteiger partial charge in [-0.15, -0.1) is 11.8 Å². The molecule has 2 aliphatic heterocycles. The predicted octanol–water partition coefficient (Wildman–Crippen LogP) is 10.6. The Labute approximate surface area is 387 Å². The molecule has 0 bridgehead atoms. The van der Waals surface area contributed by atoms with Gasteiger partial charge in [-0.25, -0.2) is 8.42 Å². The van der Waals surface area contributed by atoms with Gasteiger partial charge in [0.2, 0.25) is 0 Å². The molecule has 6 aromatic rings. The van der Waals surface area contributed by atoms with Gasteiger partial charge in [0.15, 0.2) is 0 Å². The molecular weight excluding hydrogens is 860 g/mol. The summed E-state index contributed by atoms with van der Waals surface area (Å²) in [5, 5.41) is 4.51. The van der Waals surface area contributed by atoms with E-state index in [1.165, 1.54) is 65.4 Å². The number of piperidine rings is 1. The molecule has 334 valence electrons. The maximum Gasteiger partial charge on any atom is 0.373 e. The fraction of sp³-hybridized carbons (Fsp3) is 0.314. The second-order valence-electron chi connectivity index (χ2n) is 16.5. The minimum Gasteiger partial charge on any atom is -0.381 e. The molecule has 0 radical (unpaired) electrons. The summed E-state index contributed by atoms with van der Waals surface area (Å²) >= 11 is 8.09. The van der Waals surface area contributed by atoms with Crippen LogP contribution in [0.4, 0.5) is 22.7 Å². The smallest absolute Gasteiger partial charge is 0.373 e. The molecule has 13 heteroatoms. The highest BCUT2D eigenvalue weighted by Crippen LogP contribution is 2.37. The fourth-order valence-corrected chi connectivity index (χ4v) is 10.8. The number of nitrogens with zero attached hydrogens (tertiary/aromatic N) is 4. The van der Waals surface area contributed by atoms with Gasteiger partial charge >= 0.3 is 6.15 Å². The summed E-state index contributed by atoms with van der Waals surface area (Å²) in [7, 11) is -1.67. The molecule has 2 aliphatic rings. The first-order valence-electron chi connectivity index (χ1n) is 21.9. The average Bonchev–Trinajstić information content (AvgIpc) is 3.62. The quantitative estimate of drug-likeness (QED) is 0.0974. The van der Waals surface area contributed by atoms with Crippen LogP contribution < -0.4 is 19.8 Å². The Hall–Kier alpha value is -5.49.